The zero-order valence-electron chi connectivity index (χ0n) is 12.7. The topological polar surface area (TPSA) is 75.6 Å². The summed E-state index contributed by atoms with van der Waals surface area (Å²) in [7, 11) is 1.89. The highest BCUT2D eigenvalue weighted by Crippen LogP contribution is 2.17. The highest BCUT2D eigenvalue weighted by molar-refractivity contribution is 6.03. The molecule has 6 nitrogen and oxygen atoms in total. The third-order valence-electron chi connectivity index (χ3n) is 3.67. The lowest BCUT2D eigenvalue weighted by Gasteiger charge is -2.02. The summed E-state index contributed by atoms with van der Waals surface area (Å²) >= 11 is 0. The monoisotopic (exact) mass is 295 g/mol. The summed E-state index contributed by atoms with van der Waals surface area (Å²) in [6.45, 7) is 3.90. The van der Waals surface area contributed by atoms with Gasteiger partial charge in [0.15, 0.2) is 0 Å². The minimum atomic E-state index is -0.175. The van der Waals surface area contributed by atoms with Crippen LogP contribution in [0, 0.1) is 13.8 Å². The van der Waals surface area contributed by atoms with Crippen molar-refractivity contribution in [2.75, 3.05) is 5.32 Å². The van der Waals surface area contributed by atoms with Crippen LogP contribution in [-0.2, 0) is 11.8 Å². The number of carbonyl (C=O) groups is 1. The first kappa shape index (κ1) is 14.1. The number of hydrogen-bond acceptors (Lipinski definition) is 3. The number of nitrogens with one attached hydrogen (secondary N) is 2. The first-order chi connectivity index (χ1) is 10.5. The molecule has 1 aromatic carbocycles. The number of hydrogen-bond donors (Lipinski definition) is 2. The van der Waals surface area contributed by atoms with E-state index < -0.39 is 0 Å². The first-order valence-electron chi connectivity index (χ1n) is 6.97. The molecule has 0 unspecified atom stereocenters. The molecule has 0 radical (unpaired) electrons. The number of nitrogens with zero attached hydrogens (tertiary/aromatic N) is 3. The Morgan fingerprint density at radius 1 is 1.36 bits per heavy atom. The second-order valence-electron chi connectivity index (χ2n) is 5.20. The lowest BCUT2D eigenvalue weighted by Crippen LogP contribution is -2.07. The first-order valence-corrected chi connectivity index (χ1v) is 6.97. The van der Waals surface area contributed by atoms with Crippen LogP contribution in [0.5, 0.6) is 0 Å². The third kappa shape index (κ3) is 2.63. The van der Waals surface area contributed by atoms with Gasteiger partial charge in [-0.15, -0.1) is 0 Å². The molecule has 1 amide bonds. The molecular formula is C16H17N5O. The third-order valence-corrected chi connectivity index (χ3v) is 3.67. The summed E-state index contributed by atoms with van der Waals surface area (Å²) in [4.78, 5) is 12.0. The quantitative estimate of drug-likeness (QED) is 0.729. The van der Waals surface area contributed by atoms with Crippen molar-refractivity contribution in [2.24, 2.45) is 7.05 Å². The van der Waals surface area contributed by atoms with Crippen LogP contribution in [0.15, 0.2) is 30.5 Å². The van der Waals surface area contributed by atoms with Gasteiger partial charge in [0.1, 0.15) is 0 Å². The molecule has 0 atom stereocenters. The molecular weight excluding hydrogens is 278 g/mol. The van der Waals surface area contributed by atoms with Crippen molar-refractivity contribution in [3.63, 3.8) is 0 Å². The zero-order valence-corrected chi connectivity index (χ0v) is 12.7. The number of amides is 1. The van der Waals surface area contributed by atoms with Crippen LogP contribution in [0.25, 0.3) is 17.0 Å². The average Bonchev–Trinajstić information content (AvgIpc) is 3.02. The van der Waals surface area contributed by atoms with Crippen molar-refractivity contribution in [1.82, 2.24) is 20.0 Å². The number of aromatic nitrogens is 4. The second kappa shape index (κ2) is 5.48. The van der Waals surface area contributed by atoms with Crippen LogP contribution in [0.4, 0.5) is 5.69 Å². The Morgan fingerprint density at radius 3 is 2.91 bits per heavy atom. The molecule has 0 spiro atoms. The molecule has 0 aliphatic rings. The predicted octanol–water partition coefficient (Wildman–Crippen LogP) is 2.57. The fourth-order valence-corrected chi connectivity index (χ4v) is 2.39. The van der Waals surface area contributed by atoms with Crippen LogP contribution in [0.2, 0.25) is 0 Å². The van der Waals surface area contributed by atoms with E-state index in [-0.39, 0.29) is 5.91 Å². The van der Waals surface area contributed by atoms with Gasteiger partial charge in [-0.3, -0.25) is 14.6 Å². The Balaban J connectivity index is 1.75. The summed E-state index contributed by atoms with van der Waals surface area (Å²) in [5.74, 6) is -0.175. The number of aryl methyl sites for hydroxylation is 2. The van der Waals surface area contributed by atoms with E-state index in [0.29, 0.717) is 0 Å². The van der Waals surface area contributed by atoms with Crippen molar-refractivity contribution >= 4 is 28.6 Å². The number of aromatic amines is 1. The van der Waals surface area contributed by atoms with Crippen molar-refractivity contribution in [3.05, 3.63) is 47.4 Å². The van der Waals surface area contributed by atoms with Crippen molar-refractivity contribution < 1.29 is 4.79 Å². The van der Waals surface area contributed by atoms with Crippen molar-refractivity contribution in [3.8, 4) is 0 Å². The van der Waals surface area contributed by atoms with Gasteiger partial charge < -0.3 is 5.32 Å². The number of carbonyl (C=O) groups excluding carboxylic acids is 1. The van der Waals surface area contributed by atoms with Crippen molar-refractivity contribution in [2.45, 2.75) is 13.8 Å². The molecule has 2 heterocycles. The van der Waals surface area contributed by atoms with E-state index in [2.05, 4.69) is 20.6 Å². The largest absolute Gasteiger partial charge is 0.322 e. The fraction of sp³-hybridized carbons (Fsp3) is 0.188. The maximum absolute atomic E-state index is 12.0. The maximum atomic E-state index is 12.0. The summed E-state index contributed by atoms with van der Waals surface area (Å²) in [5.41, 5.74) is 4.59. The van der Waals surface area contributed by atoms with Crippen LogP contribution < -0.4 is 5.32 Å². The van der Waals surface area contributed by atoms with Gasteiger partial charge in [0.2, 0.25) is 5.91 Å². The van der Waals surface area contributed by atoms with Gasteiger partial charge in [0.05, 0.1) is 17.4 Å². The van der Waals surface area contributed by atoms with E-state index in [1.165, 1.54) is 6.08 Å². The van der Waals surface area contributed by atoms with E-state index in [1.807, 2.05) is 39.1 Å². The number of benzene rings is 1. The van der Waals surface area contributed by atoms with E-state index in [4.69, 9.17) is 0 Å². The zero-order chi connectivity index (χ0) is 15.7. The van der Waals surface area contributed by atoms with E-state index >= 15 is 0 Å². The Hall–Kier alpha value is -2.89. The molecule has 0 saturated carbocycles. The van der Waals surface area contributed by atoms with Crippen LogP contribution in [-0.4, -0.2) is 25.9 Å². The number of H-pyrrole nitrogens is 1. The van der Waals surface area contributed by atoms with Crippen LogP contribution in [0.1, 0.15) is 17.0 Å². The Bertz CT molecular complexity index is 872. The molecule has 22 heavy (non-hydrogen) atoms. The van der Waals surface area contributed by atoms with Gasteiger partial charge in [0.25, 0.3) is 0 Å². The number of rotatable bonds is 3. The van der Waals surface area contributed by atoms with Crippen LogP contribution >= 0.6 is 0 Å². The van der Waals surface area contributed by atoms with Gasteiger partial charge in [0, 0.05) is 35.5 Å². The summed E-state index contributed by atoms with van der Waals surface area (Å²) in [6, 6.07) is 5.61. The van der Waals surface area contributed by atoms with E-state index in [9.17, 15) is 4.79 Å². The minimum absolute atomic E-state index is 0.175. The number of fused-ring (bicyclic) bond motifs is 1. The predicted molar refractivity (Wildman–Crippen MR) is 86.4 cm³/mol. The van der Waals surface area contributed by atoms with Gasteiger partial charge in [-0.2, -0.15) is 10.2 Å². The molecule has 2 N–H and O–H groups in total. The van der Waals surface area contributed by atoms with Gasteiger partial charge in [-0.25, -0.2) is 0 Å². The Kier molecular flexibility index (Phi) is 3.50. The highest BCUT2D eigenvalue weighted by Gasteiger charge is 2.07. The Morgan fingerprint density at radius 2 is 2.18 bits per heavy atom. The van der Waals surface area contributed by atoms with Gasteiger partial charge in [-0.05, 0) is 38.1 Å². The molecule has 0 aliphatic carbocycles. The standard InChI is InChI=1S/C16H17N5O/c1-10-14(11(2)21(3)20-10)5-7-16(22)18-13-4-6-15-12(8-13)9-17-19-15/h4-9H,1-3H3,(H,17,19)(H,18,22). The molecule has 6 heteroatoms. The smallest absolute Gasteiger partial charge is 0.248 e. The summed E-state index contributed by atoms with van der Waals surface area (Å²) in [6.07, 6.45) is 5.04. The molecule has 0 saturated heterocycles. The normalized spacial score (nSPS) is 11.4. The summed E-state index contributed by atoms with van der Waals surface area (Å²) < 4.78 is 1.81. The van der Waals surface area contributed by atoms with Gasteiger partial charge in [-0.1, -0.05) is 0 Å². The Labute approximate surface area is 127 Å². The molecule has 0 aliphatic heterocycles. The molecule has 0 bridgehead atoms. The average molecular weight is 295 g/mol. The maximum Gasteiger partial charge on any atom is 0.248 e. The molecule has 3 aromatic rings. The molecule has 0 fully saturated rings. The SMILES string of the molecule is Cc1nn(C)c(C)c1C=CC(=O)Nc1ccc2[nH]ncc2c1. The molecule has 3 rings (SSSR count). The second-order valence-corrected chi connectivity index (χ2v) is 5.20. The lowest BCUT2D eigenvalue weighted by molar-refractivity contribution is -0.111. The van der Waals surface area contributed by atoms with Crippen LogP contribution in [0.3, 0.4) is 0 Å². The highest BCUT2D eigenvalue weighted by atomic mass is 16.1. The summed E-state index contributed by atoms with van der Waals surface area (Å²) in [5, 5.41) is 15.0. The fourth-order valence-electron chi connectivity index (χ4n) is 2.39. The minimum Gasteiger partial charge on any atom is -0.322 e. The molecule has 2 aromatic heterocycles. The van der Waals surface area contributed by atoms with E-state index in [0.717, 1.165) is 33.5 Å². The lowest BCUT2D eigenvalue weighted by atomic mass is 10.2. The van der Waals surface area contributed by atoms with Gasteiger partial charge >= 0.3 is 0 Å². The number of anilines is 1. The van der Waals surface area contributed by atoms with Crippen molar-refractivity contribution in [1.29, 1.82) is 0 Å². The van der Waals surface area contributed by atoms with E-state index in [1.54, 1.807) is 17.0 Å². The molecule has 112 valence electrons.